The average Bonchev–Trinajstić information content (AvgIpc) is 3.10. The SMILES string of the molecule is CCN(Cc1ccncc1)C(=O)c1csc(Nc2ccccc2C)n1. The minimum atomic E-state index is -0.0617. The molecule has 2 aromatic heterocycles. The zero-order chi connectivity index (χ0) is 17.6. The Labute approximate surface area is 151 Å². The van der Waals surface area contributed by atoms with Crippen LogP contribution in [-0.4, -0.2) is 27.3 Å². The predicted octanol–water partition coefficient (Wildman–Crippen LogP) is 4.25. The van der Waals surface area contributed by atoms with Gasteiger partial charge in [0.15, 0.2) is 5.13 Å². The number of pyridine rings is 1. The molecule has 0 aliphatic carbocycles. The van der Waals surface area contributed by atoms with E-state index in [-0.39, 0.29) is 5.91 Å². The van der Waals surface area contributed by atoms with Crippen molar-refractivity contribution in [2.24, 2.45) is 0 Å². The summed E-state index contributed by atoms with van der Waals surface area (Å²) >= 11 is 1.44. The Morgan fingerprint density at radius 2 is 1.96 bits per heavy atom. The first-order valence-electron chi connectivity index (χ1n) is 8.13. The number of benzene rings is 1. The topological polar surface area (TPSA) is 58.1 Å². The molecule has 0 aliphatic rings. The van der Waals surface area contributed by atoms with Crippen LogP contribution < -0.4 is 5.32 Å². The number of aromatic nitrogens is 2. The number of aryl methyl sites for hydroxylation is 1. The van der Waals surface area contributed by atoms with Crippen LogP contribution in [0.1, 0.15) is 28.5 Å². The van der Waals surface area contributed by atoms with Gasteiger partial charge in [0.2, 0.25) is 0 Å². The molecule has 0 radical (unpaired) electrons. The van der Waals surface area contributed by atoms with E-state index in [4.69, 9.17) is 0 Å². The third kappa shape index (κ3) is 4.22. The van der Waals surface area contributed by atoms with E-state index < -0.39 is 0 Å². The summed E-state index contributed by atoms with van der Waals surface area (Å²) in [6, 6.07) is 11.8. The molecule has 1 N–H and O–H groups in total. The van der Waals surface area contributed by atoms with Gasteiger partial charge >= 0.3 is 0 Å². The normalized spacial score (nSPS) is 10.5. The van der Waals surface area contributed by atoms with Gasteiger partial charge in [0.25, 0.3) is 5.91 Å². The van der Waals surface area contributed by atoms with Crippen LogP contribution in [0.5, 0.6) is 0 Å². The van der Waals surface area contributed by atoms with Crippen LogP contribution in [0.25, 0.3) is 0 Å². The van der Waals surface area contributed by atoms with Crippen molar-refractivity contribution in [2.75, 3.05) is 11.9 Å². The van der Waals surface area contributed by atoms with Crippen LogP contribution in [0.3, 0.4) is 0 Å². The third-order valence-corrected chi connectivity index (χ3v) is 4.66. The van der Waals surface area contributed by atoms with Crippen molar-refractivity contribution in [3.63, 3.8) is 0 Å². The number of carbonyl (C=O) groups excluding carboxylic acids is 1. The van der Waals surface area contributed by atoms with Crippen LogP contribution in [0.4, 0.5) is 10.8 Å². The van der Waals surface area contributed by atoms with Crippen LogP contribution in [-0.2, 0) is 6.54 Å². The lowest BCUT2D eigenvalue weighted by atomic mass is 10.2. The van der Waals surface area contributed by atoms with Gasteiger partial charge in [-0.05, 0) is 43.2 Å². The Kier molecular flexibility index (Phi) is 5.40. The lowest BCUT2D eigenvalue weighted by Gasteiger charge is -2.19. The Balaban J connectivity index is 1.72. The molecule has 0 spiro atoms. The second kappa shape index (κ2) is 7.90. The first-order valence-corrected chi connectivity index (χ1v) is 9.01. The molecule has 3 aromatic rings. The van der Waals surface area contributed by atoms with E-state index in [2.05, 4.69) is 15.3 Å². The predicted molar refractivity (Wildman–Crippen MR) is 101 cm³/mol. The van der Waals surface area contributed by atoms with Crippen molar-refractivity contribution in [2.45, 2.75) is 20.4 Å². The first kappa shape index (κ1) is 17.1. The number of anilines is 2. The highest BCUT2D eigenvalue weighted by molar-refractivity contribution is 7.14. The van der Waals surface area contributed by atoms with Crippen LogP contribution in [0.2, 0.25) is 0 Å². The maximum atomic E-state index is 12.7. The number of hydrogen-bond donors (Lipinski definition) is 1. The molecule has 0 bridgehead atoms. The zero-order valence-corrected chi connectivity index (χ0v) is 15.1. The van der Waals surface area contributed by atoms with E-state index in [0.717, 1.165) is 21.9 Å². The van der Waals surface area contributed by atoms with Crippen molar-refractivity contribution in [3.8, 4) is 0 Å². The summed E-state index contributed by atoms with van der Waals surface area (Å²) in [4.78, 5) is 23.0. The van der Waals surface area contributed by atoms with Gasteiger partial charge in [-0.1, -0.05) is 18.2 Å². The molecule has 0 atom stereocenters. The standard InChI is InChI=1S/C19H20N4OS/c1-3-23(12-15-8-10-20-11-9-15)18(24)17-13-25-19(22-17)21-16-7-5-4-6-14(16)2/h4-11,13H,3,12H2,1-2H3,(H,21,22). The average molecular weight is 352 g/mol. The highest BCUT2D eigenvalue weighted by Gasteiger charge is 2.18. The number of nitrogens with zero attached hydrogens (tertiary/aromatic N) is 3. The van der Waals surface area contributed by atoms with Gasteiger partial charge in [0.05, 0.1) is 0 Å². The number of nitrogens with one attached hydrogen (secondary N) is 1. The van der Waals surface area contributed by atoms with Crippen molar-refractivity contribution in [1.82, 2.24) is 14.9 Å². The third-order valence-electron chi connectivity index (χ3n) is 3.90. The molecule has 0 fully saturated rings. The summed E-state index contributed by atoms with van der Waals surface area (Å²) in [5, 5.41) is 5.81. The highest BCUT2D eigenvalue weighted by atomic mass is 32.1. The fourth-order valence-corrected chi connectivity index (χ4v) is 3.15. The van der Waals surface area contributed by atoms with Crippen molar-refractivity contribution >= 4 is 28.1 Å². The lowest BCUT2D eigenvalue weighted by Crippen LogP contribution is -2.30. The van der Waals surface area contributed by atoms with Gasteiger partial charge < -0.3 is 10.2 Å². The Morgan fingerprint density at radius 1 is 1.20 bits per heavy atom. The molecule has 1 amide bonds. The molecule has 1 aromatic carbocycles. The Bertz CT molecular complexity index is 847. The van der Waals surface area contributed by atoms with E-state index in [1.165, 1.54) is 11.3 Å². The number of carbonyl (C=O) groups is 1. The second-order valence-corrected chi connectivity index (χ2v) is 6.51. The lowest BCUT2D eigenvalue weighted by molar-refractivity contribution is 0.0747. The van der Waals surface area contributed by atoms with E-state index in [1.807, 2.05) is 50.2 Å². The molecule has 25 heavy (non-hydrogen) atoms. The number of para-hydroxylation sites is 1. The van der Waals surface area contributed by atoms with Crippen LogP contribution >= 0.6 is 11.3 Å². The van der Waals surface area contributed by atoms with Gasteiger partial charge in [-0.2, -0.15) is 0 Å². The number of hydrogen-bond acceptors (Lipinski definition) is 5. The van der Waals surface area contributed by atoms with Crippen molar-refractivity contribution < 1.29 is 4.79 Å². The summed E-state index contributed by atoms with van der Waals surface area (Å²) in [5.74, 6) is -0.0617. The van der Waals surface area contributed by atoms with Gasteiger partial charge in [-0.25, -0.2) is 4.98 Å². The summed E-state index contributed by atoms with van der Waals surface area (Å²) in [5.41, 5.74) is 3.66. The molecular weight excluding hydrogens is 332 g/mol. The fraction of sp³-hybridized carbons (Fsp3) is 0.211. The Hall–Kier alpha value is -2.73. The molecule has 0 unspecified atom stereocenters. The van der Waals surface area contributed by atoms with Gasteiger partial charge in [0, 0.05) is 36.6 Å². The number of amides is 1. The molecule has 3 rings (SSSR count). The summed E-state index contributed by atoms with van der Waals surface area (Å²) in [7, 11) is 0. The van der Waals surface area contributed by atoms with E-state index in [0.29, 0.717) is 18.8 Å². The fourth-order valence-electron chi connectivity index (χ4n) is 2.46. The van der Waals surface area contributed by atoms with Gasteiger partial charge in [-0.15, -0.1) is 11.3 Å². The molecule has 0 saturated heterocycles. The van der Waals surface area contributed by atoms with Crippen molar-refractivity contribution in [1.29, 1.82) is 0 Å². The van der Waals surface area contributed by atoms with E-state index in [1.54, 1.807) is 22.7 Å². The van der Waals surface area contributed by atoms with E-state index in [9.17, 15) is 4.79 Å². The minimum Gasteiger partial charge on any atom is -0.333 e. The first-order chi connectivity index (χ1) is 12.2. The highest BCUT2D eigenvalue weighted by Crippen LogP contribution is 2.24. The molecule has 0 saturated carbocycles. The van der Waals surface area contributed by atoms with Crippen molar-refractivity contribution in [3.05, 3.63) is 71.0 Å². The van der Waals surface area contributed by atoms with Gasteiger partial charge in [-0.3, -0.25) is 9.78 Å². The zero-order valence-electron chi connectivity index (χ0n) is 14.3. The summed E-state index contributed by atoms with van der Waals surface area (Å²) in [6.45, 7) is 5.18. The van der Waals surface area contributed by atoms with E-state index >= 15 is 0 Å². The smallest absolute Gasteiger partial charge is 0.273 e. The Morgan fingerprint density at radius 3 is 2.68 bits per heavy atom. The molecular formula is C19H20N4OS. The monoisotopic (exact) mass is 352 g/mol. The second-order valence-electron chi connectivity index (χ2n) is 5.65. The molecule has 6 heteroatoms. The minimum absolute atomic E-state index is 0.0617. The molecule has 5 nitrogen and oxygen atoms in total. The maximum Gasteiger partial charge on any atom is 0.273 e. The quantitative estimate of drug-likeness (QED) is 0.720. The van der Waals surface area contributed by atoms with Gasteiger partial charge in [0.1, 0.15) is 5.69 Å². The summed E-state index contributed by atoms with van der Waals surface area (Å²) in [6.07, 6.45) is 3.47. The molecule has 128 valence electrons. The molecule has 0 aliphatic heterocycles. The van der Waals surface area contributed by atoms with Crippen LogP contribution in [0.15, 0.2) is 54.2 Å². The largest absolute Gasteiger partial charge is 0.333 e. The van der Waals surface area contributed by atoms with Crippen LogP contribution in [0, 0.1) is 6.92 Å². The maximum absolute atomic E-state index is 12.7. The number of rotatable bonds is 6. The number of thiazole rings is 1. The summed E-state index contributed by atoms with van der Waals surface area (Å²) < 4.78 is 0. The molecule has 2 heterocycles.